The van der Waals surface area contributed by atoms with Crippen LogP contribution in [0, 0.1) is 5.41 Å². The number of pyridine rings is 1. The number of hydrazine groups is 1. The van der Waals surface area contributed by atoms with Crippen molar-refractivity contribution in [2.75, 3.05) is 20.2 Å². The normalized spacial score (nSPS) is 13.0. The molecule has 1 aromatic heterocycles. The first-order valence-corrected chi connectivity index (χ1v) is 10.9. The highest BCUT2D eigenvalue weighted by Gasteiger charge is 2.34. The Balaban J connectivity index is 2.18. The molecule has 2 rings (SSSR count). The van der Waals surface area contributed by atoms with E-state index in [2.05, 4.69) is 25.8 Å². The van der Waals surface area contributed by atoms with E-state index < -0.39 is 29.6 Å². The van der Waals surface area contributed by atoms with E-state index in [9.17, 15) is 19.5 Å². The quantitative estimate of drug-likeness (QED) is 0.288. The molecular formula is C24H33N5O5. The van der Waals surface area contributed by atoms with Crippen molar-refractivity contribution in [1.82, 2.24) is 26.1 Å². The number of hydrogen-bond acceptors (Lipinski definition) is 7. The molecule has 0 spiro atoms. The standard InChI is InChI=1S/C24H33N5O5/c1-24(2,3)21(27-23(33)34-4)22(32)28-29(15-19(31)13-25-16-30)14-17-8-10-18(11-9-17)20-7-5-6-12-26-20/h5-12,16,19,21,31H,13-15H2,1-4H3,(H,25,30)(H,27,33)(H,28,32). The molecule has 2 unspecified atom stereocenters. The lowest BCUT2D eigenvalue weighted by Gasteiger charge is -2.33. The van der Waals surface area contributed by atoms with Crippen molar-refractivity contribution in [3.8, 4) is 11.3 Å². The average molecular weight is 472 g/mol. The van der Waals surface area contributed by atoms with E-state index in [1.165, 1.54) is 7.11 Å². The second kappa shape index (κ2) is 12.7. The van der Waals surface area contributed by atoms with Gasteiger partial charge in [0.1, 0.15) is 6.04 Å². The number of methoxy groups -OCH3 is 1. The molecule has 0 aliphatic rings. The smallest absolute Gasteiger partial charge is 0.407 e. The van der Waals surface area contributed by atoms with Crippen molar-refractivity contribution in [2.24, 2.45) is 5.41 Å². The Bertz CT molecular complexity index is 931. The topological polar surface area (TPSA) is 133 Å². The van der Waals surface area contributed by atoms with Gasteiger partial charge in [-0.15, -0.1) is 0 Å². The molecule has 1 heterocycles. The van der Waals surface area contributed by atoms with Crippen LogP contribution in [0.25, 0.3) is 11.3 Å². The number of ether oxygens (including phenoxy) is 1. The number of nitrogens with one attached hydrogen (secondary N) is 3. The van der Waals surface area contributed by atoms with Crippen molar-refractivity contribution >= 4 is 18.4 Å². The van der Waals surface area contributed by atoms with Crippen molar-refractivity contribution in [2.45, 2.75) is 39.5 Å². The number of amides is 3. The Morgan fingerprint density at radius 1 is 1.18 bits per heavy atom. The van der Waals surface area contributed by atoms with E-state index >= 15 is 0 Å². The number of nitrogens with zero attached hydrogens (tertiary/aromatic N) is 2. The SMILES string of the molecule is COC(=O)NC(C(=O)NN(Cc1ccc(-c2ccccn2)cc1)CC(O)CNC=O)C(C)(C)C. The van der Waals surface area contributed by atoms with Gasteiger partial charge in [-0.25, -0.2) is 9.80 Å². The number of alkyl carbamates (subject to hydrolysis) is 1. The molecule has 0 aliphatic carbocycles. The first-order valence-electron chi connectivity index (χ1n) is 10.9. The number of benzene rings is 1. The predicted molar refractivity (Wildman–Crippen MR) is 127 cm³/mol. The number of aliphatic hydroxyl groups is 1. The van der Waals surface area contributed by atoms with Crippen LogP contribution in [-0.2, 0) is 20.9 Å². The van der Waals surface area contributed by atoms with Gasteiger partial charge in [0.2, 0.25) is 6.41 Å². The van der Waals surface area contributed by atoms with Gasteiger partial charge in [-0.1, -0.05) is 51.1 Å². The maximum Gasteiger partial charge on any atom is 0.407 e. The van der Waals surface area contributed by atoms with Crippen LogP contribution in [0.15, 0.2) is 48.7 Å². The van der Waals surface area contributed by atoms with Crippen LogP contribution in [0.2, 0.25) is 0 Å². The van der Waals surface area contributed by atoms with Gasteiger partial charge in [-0.2, -0.15) is 0 Å². The third-order valence-electron chi connectivity index (χ3n) is 5.00. The summed E-state index contributed by atoms with van der Waals surface area (Å²) in [4.78, 5) is 39.8. The molecule has 0 saturated carbocycles. The van der Waals surface area contributed by atoms with E-state index in [1.54, 1.807) is 11.2 Å². The summed E-state index contributed by atoms with van der Waals surface area (Å²) in [7, 11) is 1.23. The monoisotopic (exact) mass is 471 g/mol. The highest BCUT2D eigenvalue weighted by molar-refractivity contribution is 5.86. The Morgan fingerprint density at radius 2 is 1.88 bits per heavy atom. The Hall–Kier alpha value is -3.50. The van der Waals surface area contributed by atoms with E-state index in [1.807, 2.05) is 63.2 Å². The van der Waals surface area contributed by atoms with E-state index in [4.69, 9.17) is 0 Å². The van der Waals surface area contributed by atoms with E-state index in [0.29, 0.717) is 6.41 Å². The minimum absolute atomic E-state index is 0.0254. The molecule has 0 fully saturated rings. The van der Waals surface area contributed by atoms with Gasteiger partial charge in [-0.3, -0.25) is 20.0 Å². The molecule has 2 aromatic rings. The second-order valence-corrected chi connectivity index (χ2v) is 8.88. The Kier molecular flexibility index (Phi) is 9.96. The van der Waals surface area contributed by atoms with Crippen LogP contribution in [0.1, 0.15) is 26.3 Å². The number of hydrogen-bond donors (Lipinski definition) is 4. The zero-order valence-corrected chi connectivity index (χ0v) is 19.9. The fourth-order valence-electron chi connectivity index (χ4n) is 3.26. The van der Waals surface area contributed by atoms with Crippen LogP contribution in [0.5, 0.6) is 0 Å². The summed E-state index contributed by atoms with van der Waals surface area (Å²) < 4.78 is 4.65. The van der Waals surface area contributed by atoms with Crippen LogP contribution >= 0.6 is 0 Å². The predicted octanol–water partition coefficient (Wildman–Crippen LogP) is 1.46. The molecule has 0 radical (unpaired) electrons. The Labute approximate surface area is 199 Å². The maximum absolute atomic E-state index is 13.1. The van der Waals surface area contributed by atoms with Gasteiger partial charge in [-0.05, 0) is 23.1 Å². The van der Waals surface area contributed by atoms with Crippen molar-refractivity contribution < 1.29 is 24.2 Å². The zero-order chi connectivity index (χ0) is 25.1. The minimum atomic E-state index is -0.931. The van der Waals surface area contributed by atoms with Gasteiger partial charge in [0.25, 0.3) is 5.91 Å². The van der Waals surface area contributed by atoms with Gasteiger partial charge in [0.15, 0.2) is 0 Å². The lowest BCUT2D eigenvalue weighted by Crippen LogP contribution is -2.58. The molecule has 1 aromatic carbocycles. The highest BCUT2D eigenvalue weighted by atomic mass is 16.5. The molecule has 0 saturated heterocycles. The summed E-state index contributed by atoms with van der Waals surface area (Å²) in [5, 5.41) is 16.8. The summed E-state index contributed by atoms with van der Waals surface area (Å²) in [6, 6.07) is 12.5. The largest absolute Gasteiger partial charge is 0.453 e. The molecule has 34 heavy (non-hydrogen) atoms. The van der Waals surface area contributed by atoms with E-state index in [-0.39, 0.29) is 19.6 Å². The molecule has 184 valence electrons. The van der Waals surface area contributed by atoms with Crippen LogP contribution in [0.3, 0.4) is 0 Å². The zero-order valence-electron chi connectivity index (χ0n) is 19.9. The first kappa shape index (κ1) is 26.7. The summed E-state index contributed by atoms with van der Waals surface area (Å²) in [5.74, 6) is -0.460. The molecule has 0 aliphatic heterocycles. The highest BCUT2D eigenvalue weighted by Crippen LogP contribution is 2.20. The number of carbonyl (C=O) groups excluding carboxylic acids is 3. The molecule has 0 bridgehead atoms. The molecule has 2 atom stereocenters. The van der Waals surface area contributed by atoms with Gasteiger partial charge < -0.3 is 20.5 Å². The number of carbonyl (C=O) groups is 3. The molecule has 3 amide bonds. The van der Waals surface area contributed by atoms with Crippen LogP contribution < -0.4 is 16.1 Å². The summed E-state index contributed by atoms with van der Waals surface area (Å²) in [5.41, 5.74) is 4.86. The molecule has 10 heteroatoms. The molecule has 10 nitrogen and oxygen atoms in total. The third kappa shape index (κ3) is 8.45. The molecule has 4 N–H and O–H groups in total. The van der Waals surface area contributed by atoms with E-state index in [0.717, 1.165) is 16.8 Å². The second-order valence-electron chi connectivity index (χ2n) is 8.88. The molecular weight excluding hydrogens is 438 g/mol. The fraction of sp³-hybridized carbons (Fsp3) is 0.417. The van der Waals surface area contributed by atoms with Crippen molar-refractivity contribution in [3.05, 3.63) is 54.2 Å². The van der Waals surface area contributed by atoms with Gasteiger partial charge in [0.05, 0.1) is 18.9 Å². The van der Waals surface area contributed by atoms with Gasteiger partial charge in [0, 0.05) is 31.4 Å². The summed E-state index contributed by atoms with van der Waals surface area (Å²) in [6.07, 6.45) is 0.573. The number of aromatic nitrogens is 1. The first-order chi connectivity index (χ1) is 16.1. The minimum Gasteiger partial charge on any atom is -0.453 e. The Morgan fingerprint density at radius 3 is 2.44 bits per heavy atom. The number of rotatable bonds is 11. The van der Waals surface area contributed by atoms with Crippen molar-refractivity contribution in [3.63, 3.8) is 0 Å². The lowest BCUT2D eigenvalue weighted by molar-refractivity contribution is -0.131. The van der Waals surface area contributed by atoms with Crippen molar-refractivity contribution in [1.29, 1.82) is 0 Å². The lowest BCUT2D eigenvalue weighted by atomic mass is 9.86. The van der Waals surface area contributed by atoms with Crippen LogP contribution in [-0.4, -0.2) is 65.9 Å². The third-order valence-corrected chi connectivity index (χ3v) is 5.00. The van der Waals surface area contributed by atoms with Gasteiger partial charge >= 0.3 is 6.09 Å². The fourth-order valence-corrected chi connectivity index (χ4v) is 3.26. The summed E-state index contributed by atoms with van der Waals surface area (Å²) in [6.45, 7) is 5.80. The van der Waals surface area contributed by atoms with Crippen LogP contribution in [0.4, 0.5) is 4.79 Å². The maximum atomic E-state index is 13.1. The average Bonchev–Trinajstić information content (AvgIpc) is 2.81. The number of aliphatic hydroxyl groups excluding tert-OH is 1. The summed E-state index contributed by atoms with van der Waals surface area (Å²) >= 11 is 0.